The van der Waals surface area contributed by atoms with E-state index < -0.39 is 0 Å². The molecule has 0 aliphatic heterocycles. The summed E-state index contributed by atoms with van der Waals surface area (Å²) in [4.78, 5) is 0. The molecular formula is C19H18N4O. The molecule has 3 rings (SSSR count). The molecule has 0 unspecified atom stereocenters. The number of nitrogens with zero attached hydrogens (tertiary/aromatic N) is 4. The van der Waals surface area contributed by atoms with Gasteiger partial charge in [0.1, 0.15) is 11.8 Å². The summed E-state index contributed by atoms with van der Waals surface area (Å²) in [6.07, 6.45) is 0.606. The average molecular weight is 318 g/mol. The molecule has 0 aliphatic carbocycles. The van der Waals surface area contributed by atoms with Crippen molar-refractivity contribution in [3.63, 3.8) is 0 Å². The molecule has 2 aromatic carbocycles. The quantitative estimate of drug-likeness (QED) is 0.700. The van der Waals surface area contributed by atoms with Crippen LogP contribution in [0.25, 0.3) is 0 Å². The van der Waals surface area contributed by atoms with Gasteiger partial charge in [0.05, 0.1) is 18.8 Å². The van der Waals surface area contributed by atoms with Gasteiger partial charge in [0.15, 0.2) is 5.69 Å². The number of hydrogen-bond acceptors (Lipinski definition) is 4. The maximum absolute atomic E-state index is 9.30. The lowest BCUT2D eigenvalue weighted by atomic mass is 10.1. The van der Waals surface area contributed by atoms with Gasteiger partial charge in [-0.15, -0.1) is 5.10 Å². The Morgan fingerprint density at radius 1 is 1.04 bits per heavy atom. The molecule has 120 valence electrons. The van der Waals surface area contributed by atoms with Crippen molar-refractivity contribution in [2.24, 2.45) is 0 Å². The third-order valence-electron chi connectivity index (χ3n) is 3.72. The SMILES string of the molecule is CCOc1ccc(Cc2c(C#N)nnn2Cc2ccccc2)cc1. The van der Waals surface area contributed by atoms with E-state index in [4.69, 9.17) is 4.74 Å². The zero-order valence-corrected chi connectivity index (χ0v) is 13.5. The summed E-state index contributed by atoms with van der Waals surface area (Å²) in [5, 5.41) is 17.5. The van der Waals surface area contributed by atoms with Gasteiger partial charge in [0, 0.05) is 6.42 Å². The molecule has 0 saturated carbocycles. The Balaban J connectivity index is 1.84. The maximum atomic E-state index is 9.30. The van der Waals surface area contributed by atoms with Crippen molar-refractivity contribution in [3.05, 3.63) is 77.1 Å². The topological polar surface area (TPSA) is 63.7 Å². The molecule has 3 aromatic rings. The third kappa shape index (κ3) is 3.61. The van der Waals surface area contributed by atoms with Crippen LogP contribution in [0, 0.1) is 11.3 Å². The standard InChI is InChI=1S/C19H18N4O/c1-2-24-17-10-8-15(9-11-17)12-19-18(13-20)21-22-23(19)14-16-6-4-3-5-7-16/h3-11H,2,12,14H2,1H3. The molecule has 0 spiro atoms. The Morgan fingerprint density at radius 3 is 2.46 bits per heavy atom. The number of aromatic nitrogens is 3. The minimum Gasteiger partial charge on any atom is -0.494 e. The summed E-state index contributed by atoms with van der Waals surface area (Å²) in [5.41, 5.74) is 3.41. The Morgan fingerprint density at radius 2 is 1.79 bits per heavy atom. The van der Waals surface area contributed by atoms with Crippen molar-refractivity contribution in [1.82, 2.24) is 15.0 Å². The van der Waals surface area contributed by atoms with Crippen LogP contribution in [0.2, 0.25) is 0 Å². The van der Waals surface area contributed by atoms with Gasteiger partial charge >= 0.3 is 0 Å². The van der Waals surface area contributed by atoms with Crippen molar-refractivity contribution in [2.45, 2.75) is 19.9 Å². The summed E-state index contributed by atoms with van der Waals surface area (Å²) in [5.74, 6) is 0.845. The second-order valence-electron chi connectivity index (χ2n) is 5.39. The number of nitriles is 1. The Kier molecular flexibility index (Phi) is 4.87. The zero-order valence-electron chi connectivity index (χ0n) is 13.5. The normalized spacial score (nSPS) is 10.3. The highest BCUT2D eigenvalue weighted by Gasteiger charge is 2.13. The van der Waals surface area contributed by atoms with Gasteiger partial charge < -0.3 is 4.74 Å². The number of benzene rings is 2. The molecule has 5 nitrogen and oxygen atoms in total. The fraction of sp³-hybridized carbons (Fsp3) is 0.211. The lowest BCUT2D eigenvalue weighted by Crippen LogP contribution is -2.07. The highest BCUT2D eigenvalue weighted by molar-refractivity contribution is 5.34. The van der Waals surface area contributed by atoms with E-state index in [9.17, 15) is 5.26 Å². The summed E-state index contributed by atoms with van der Waals surface area (Å²) < 4.78 is 7.26. The fourth-order valence-electron chi connectivity index (χ4n) is 2.54. The molecule has 1 heterocycles. The van der Waals surface area contributed by atoms with Crippen molar-refractivity contribution >= 4 is 0 Å². The van der Waals surface area contributed by atoms with Crippen LogP contribution in [0.4, 0.5) is 0 Å². The molecule has 24 heavy (non-hydrogen) atoms. The first kappa shape index (κ1) is 15.8. The highest BCUT2D eigenvalue weighted by atomic mass is 16.5. The first-order chi connectivity index (χ1) is 11.8. The van der Waals surface area contributed by atoms with Crippen LogP contribution in [0.1, 0.15) is 29.4 Å². The van der Waals surface area contributed by atoms with E-state index in [0.29, 0.717) is 25.3 Å². The van der Waals surface area contributed by atoms with E-state index in [-0.39, 0.29) is 0 Å². The van der Waals surface area contributed by atoms with E-state index in [0.717, 1.165) is 22.6 Å². The fourth-order valence-corrected chi connectivity index (χ4v) is 2.54. The van der Waals surface area contributed by atoms with Gasteiger partial charge in [-0.2, -0.15) is 5.26 Å². The first-order valence-corrected chi connectivity index (χ1v) is 7.88. The van der Waals surface area contributed by atoms with Crippen LogP contribution in [0.15, 0.2) is 54.6 Å². The first-order valence-electron chi connectivity index (χ1n) is 7.88. The summed E-state index contributed by atoms with van der Waals surface area (Å²) in [6, 6.07) is 20.1. The predicted molar refractivity (Wildman–Crippen MR) is 90.7 cm³/mol. The molecular weight excluding hydrogens is 300 g/mol. The molecule has 0 bridgehead atoms. The largest absolute Gasteiger partial charge is 0.494 e. The minimum absolute atomic E-state index is 0.375. The molecule has 0 radical (unpaired) electrons. The molecule has 0 saturated heterocycles. The molecule has 0 aliphatic rings. The number of ether oxygens (including phenoxy) is 1. The third-order valence-corrected chi connectivity index (χ3v) is 3.72. The van der Waals surface area contributed by atoms with Crippen LogP contribution in [-0.4, -0.2) is 21.6 Å². The van der Waals surface area contributed by atoms with Gasteiger partial charge in [-0.1, -0.05) is 47.7 Å². The van der Waals surface area contributed by atoms with E-state index >= 15 is 0 Å². The minimum atomic E-state index is 0.375. The van der Waals surface area contributed by atoms with Gasteiger partial charge in [-0.05, 0) is 30.2 Å². The Labute approximate surface area is 141 Å². The molecule has 0 atom stereocenters. The lowest BCUT2D eigenvalue weighted by molar-refractivity contribution is 0.340. The van der Waals surface area contributed by atoms with Crippen molar-refractivity contribution in [3.8, 4) is 11.8 Å². The zero-order chi connectivity index (χ0) is 16.8. The van der Waals surface area contributed by atoms with Gasteiger partial charge in [0.2, 0.25) is 0 Å². The second kappa shape index (κ2) is 7.42. The summed E-state index contributed by atoms with van der Waals surface area (Å²) >= 11 is 0. The molecule has 5 heteroatoms. The predicted octanol–water partition coefficient (Wildman–Crippen LogP) is 3.19. The van der Waals surface area contributed by atoms with Crippen LogP contribution in [-0.2, 0) is 13.0 Å². The van der Waals surface area contributed by atoms with Gasteiger partial charge in [0.25, 0.3) is 0 Å². The number of rotatable bonds is 6. The Hall–Kier alpha value is -3.13. The summed E-state index contributed by atoms with van der Waals surface area (Å²) in [7, 11) is 0. The summed E-state index contributed by atoms with van der Waals surface area (Å²) in [6.45, 7) is 3.20. The van der Waals surface area contributed by atoms with Crippen LogP contribution in [0.5, 0.6) is 5.75 Å². The maximum Gasteiger partial charge on any atom is 0.186 e. The second-order valence-corrected chi connectivity index (χ2v) is 5.39. The molecule has 1 aromatic heterocycles. The molecule has 0 fully saturated rings. The van der Waals surface area contributed by atoms with E-state index in [1.807, 2.05) is 61.5 Å². The highest BCUT2D eigenvalue weighted by Crippen LogP contribution is 2.17. The molecule has 0 amide bonds. The van der Waals surface area contributed by atoms with Crippen LogP contribution >= 0.6 is 0 Å². The number of hydrogen-bond donors (Lipinski definition) is 0. The lowest BCUT2D eigenvalue weighted by Gasteiger charge is -2.08. The van der Waals surface area contributed by atoms with E-state index in [2.05, 4.69) is 16.4 Å². The van der Waals surface area contributed by atoms with Gasteiger partial charge in [-0.25, -0.2) is 4.68 Å². The Bertz CT molecular complexity index is 832. The van der Waals surface area contributed by atoms with Gasteiger partial charge in [-0.3, -0.25) is 0 Å². The van der Waals surface area contributed by atoms with E-state index in [1.54, 1.807) is 4.68 Å². The van der Waals surface area contributed by atoms with Crippen LogP contribution < -0.4 is 4.74 Å². The average Bonchev–Trinajstić information content (AvgIpc) is 2.99. The van der Waals surface area contributed by atoms with Crippen molar-refractivity contribution < 1.29 is 4.74 Å². The molecule has 0 N–H and O–H groups in total. The smallest absolute Gasteiger partial charge is 0.186 e. The van der Waals surface area contributed by atoms with Crippen molar-refractivity contribution in [2.75, 3.05) is 6.61 Å². The van der Waals surface area contributed by atoms with Crippen molar-refractivity contribution in [1.29, 1.82) is 5.26 Å². The van der Waals surface area contributed by atoms with E-state index in [1.165, 1.54) is 0 Å². The monoisotopic (exact) mass is 318 g/mol. The van der Waals surface area contributed by atoms with Crippen LogP contribution in [0.3, 0.4) is 0 Å².